The van der Waals surface area contributed by atoms with Gasteiger partial charge in [0, 0.05) is 0 Å². The third-order valence-corrected chi connectivity index (χ3v) is 7.90. The van der Waals surface area contributed by atoms with Crippen LogP contribution in [-0.4, -0.2) is 8.32 Å². The standard InChI is InChI=1S/C15H23FOSi/c1-7-8-12-11-13(16)9-10-14(12)17-18(5,6)15(2,3)4/h7,9-11H,1,8H2,2-6H3. The molecule has 0 heterocycles. The molecule has 1 aromatic rings. The first-order valence-corrected chi connectivity index (χ1v) is 9.16. The van der Waals surface area contributed by atoms with Crippen LogP contribution in [0.5, 0.6) is 5.75 Å². The Balaban J connectivity index is 3.07. The van der Waals surface area contributed by atoms with Crippen molar-refractivity contribution in [3.05, 3.63) is 42.2 Å². The number of halogens is 1. The Labute approximate surface area is 111 Å². The molecule has 1 nitrogen and oxygen atoms in total. The highest BCUT2D eigenvalue weighted by Crippen LogP contribution is 2.38. The molecule has 0 bridgehead atoms. The third kappa shape index (κ3) is 3.45. The molecule has 1 rings (SSSR count). The third-order valence-electron chi connectivity index (χ3n) is 3.56. The lowest BCUT2D eigenvalue weighted by molar-refractivity contribution is 0.486. The second-order valence-corrected chi connectivity index (χ2v) is 10.8. The van der Waals surface area contributed by atoms with E-state index in [4.69, 9.17) is 4.43 Å². The fourth-order valence-corrected chi connectivity index (χ4v) is 2.45. The average molecular weight is 266 g/mol. The van der Waals surface area contributed by atoms with Crippen molar-refractivity contribution in [1.29, 1.82) is 0 Å². The molecule has 0 atom stereocenters. The highest BCUT2D eigenvalue weighted by atomic mass is 28.4. The van der Waals surface area contributed by atoms with Gasteiger partial charge < -0.3 is 4.43 Å². The fraction of sp³-hybridized carbons (Fsp3) is 0.467. The van der Waals surface area contributed by atoms with Crippen LogP contribution in [0.15, 0.2) is 30.9 Å². The Bertz CT molecular complexity index is 433. The largest absolute Gasteiger partial charge is 0.543 e. The van der Waals surface area contributed by atoms with Gasteiger partial charge in [-0.25, -0.2) is 4.39 Å². The molecule has 0 aromatic heterocycles. The molecule has 0 unspecified atom stereocenters. The maximum absolute atomic E-state index is 13.3. The number of benzene rings is 1. The predicted octanol–water partition coefficient (Wildman–Crippen LogP) is 4.94. The first-order valence-electron chi connectivity index (χ1n) is 6.26. The molecule has 0 amide bonds. The molecule has 1 aromatic carbocycles. The summed E-state index contributed by atoms with van der Waals surface area (Å²) in [5.74, 6) is 0.567. The Morgan fingerprint density at radius 3 is 2.44 bits per heavy atom. The zero-order valence-electron chi connectivity index (χ0n) is 12.0. The van der Waals surface area contributed by atoms with Crippen LogP contribution in [0.3, 0.4) is 0 Å². The summed E-state index contributed by atoms with van der Waals surface area (Å²) in [7, 11) is -1.88. The Morgan fingerprint density at radius 2 is 1.94 bits per heavy atom. The van der Waals surface area contributed by atoms with Gasteiger partial charge in [-0.3, -0.25) is 0 Å². The minimum Gasteiger partial charge on any atom is -0.543 e. The maximum atomic E-state index is 13.3. The van der Waals surface area contributed by atoms with E-state index in [1.54, 1.807) is 12.1 Å². The molecular formula is C15H23FOSi. The van der Waals surface area contributed by atoms with Crippen molar-refractivity contribution in [1.82, 2.24) is 0 Å². The minimum absolute atomic E-state index is 0.132. The molecule has 3 heteroatoms. The summed E-state index contributed by atoms with van der Waals surface area (Å²) in [5, 5.41) is 0.132. The molecule has 0 radical (unpaired) electrons. The quantitative estimate of drug-likeness (QED) is 0.554. The van der Waals surface area contributed by atoms with E-state index in [1.165, 1.54) is 12.1 Å². The van der Waals surface area contributed by atoms with Crippen molar-refractivity contribution in [3.8, 4) is 5.75 Å². The van der Waals surface area contributed by atoms with E-state index in [9.17, 15) is 4.39 Å². The molecule has 0 N–H and O–H groups in total. The SMILES string of the molecule is C=CCc1cc(F)ccc1O[Si](C)(C)C(C)(C)C. The number of hydrogen-bond donors (Lipinski definition) is 0. The van der Waals surface area contributed by atoms with E-state index in [2.05, 4.69) is 40.4 Å². The molecular weight excluding hydrogens is 243 g/mol. The van der Waals surface area contributed by atoms with Crippen LogP contribution >= 0.6 is 0 Å². The first-order chi connectivity index (χ1) is 8.17. The smallest absolute Gasteiger partial charge is 0.250 e. The van der Waals surface area contributed by atoms with Gasteiger partial charge in [-0.05, 0) is 48.3 Å². The van der Waals surface area contributed by atoms with E-state index >= 15 is 0 Å². The van der Waals surface area contributed by atoms with Crippen molar-refractivity contribution >= 4 is 8.32 Å². The zero-order chi connectivity index (χ0) is 14.0. The summed E-state index contributed by atoms with van der Waals surface area (Å²) >= 11 is 0. The zero-order valence-corrected chi connectivity index (χ0v) is 13.0. The maximum Gasteiger partial charge on any atom is 0.250 e. The molecule has 0 saturated carbocycles. The molecule has 100 valence electrons. The molecule has 18 heavy (non-hydrogen) atoms. The van der Waals surface area contributed by atoms with Crippen molar-refractivity contribution in [2.24, 2.45) is 0 Å². The van der Waals surface area contributed by atoms with Gasteiger partial charge in [0.1, 0.15) is 11.6 Å². The van der Waals surface area contributed by atoms with Gasteiger partial charge in [-0.1, -0.05) is 26.8 Å². The van der Waals surface area contributed by atoms with Gasteiger partial charge in [0.25, 0.3) is 0 Å². The van der Waals surface area contributed by atoms with Gasteiger partial charge in [0.05, 0.1) is 0 Å². The van der Waals surface area contributed by atoms with Crippen LogP contribution in [0.25, 0.3) is 0 Å². The molecule has 0 aliphatic heterocycles. The molecule has 0 saturated heterocycles. The van der Waals surface area contributed by atoms with Crippen LogP contribution in [0, 0.1) is 5.82 Å². The van der Waals surface area contributed by atoms with Gasteiger partial charge in [-0.2, -0.15) is 0 Å². The average Bonchev–Trinajstić information content (AvgIpc) is 2.20. The van der Waals surface area contributed by atoms with E-state index < -0.39 is 8.32 Å². The van der Waals surface area contributed by atoms with Crippen LogP contribution in [0.1, 0.15) is 26.3 Å². The van der Waals surface area contributed by atoms with E-state index in [0.717, 1.165) is 11.3 Å². The van der Waals surface area contributed by atoms with E-state index in [0.29, 0.717) is 6.42 Å². The van der Waals surface area contributed by atoms with Gasteiger partial charge in [0.15, 0.2) is 0 Å². The lowest BCUT2D eigenvalue weighted by Gasteiger charge is -2.37. The summed E-state index contributed by atoms with van der Waals surface area (Å²) in [6, 6.07) is 4.72. The lowest BCUT2D eigenvalue weighted by atomic mass is 10.1. The van der Waals surface area contributed by atoms with Crippen molar-refractivity contribution in [3.63, 3.8) is 0 Å². The van der Waals surface area contributed by atoms with Crippen LogP contribution in [0.2, 0.25) is 18.1 Å². The monoisotopic (exact) mass is 266 g/mol. The second-order valence-electron chi connectivity index (χ2n) is 6.11. The predicted molar refractivity (Wildman–Crippen MR) is 78.1 cm³/mol. The summed E-state index contributed by atoms with van der Waals surface area (Å²) in [6.07, 6.45) is 2.40. The molecule has 0 aliphatic rings. The van der Waals surface area contributed by atoms with Gasteiger partial charge in [0.2, 0.25) is 8.32 Å². The van der Waals surface area contributed by atoms with Crippen molar-refractivity contribution in [2.45, 2.75) is 45.3 Å². The van der Waals surface area contributed by atoms with Crippen LogP contribution in [-0.2, 0) is 6.42 Å². The summed E-state index contributed by atoms with van der Waals surface area (Å²) < 4.78 is 19.5. The minimum atomic E-state index is -1.88. The lowest BCUT2D eigenvalue weighted by Crippen LogP contribution is -2.44. The van der Waals surface area contributed by atoms with E-state index in [-0.39, 0.29) is 10.9 Å². The first kappa shape index (κ1) is 15.0. The fourth-order valence-electron chi connectivity index (χ4n) is 1.39. The number of hydrogen-bond acceptors (Lipinski definition) is 1. The van der Waals surface area contributed by atoms with Crippen LogP contribution < -0.4 is 4.43 Å². The Hall–Kier alpha value is -1.09. The highest BCUT2D eigenvalue weighted by molar-refractivity contribution is 6.74. The van der Waals surface area contributed by atoms with Crippen LogP contribution in [0.4, 0.5) is 4.39 Å². The summed E-state index contributed by atoms with van der Waals surface area (Å²) in [5.41, 5.74) is 0.870. The van der Waals surface area contributed by atoms with Crippen molar-refractivity contribution in [2.75, 3.05) is 0 Å². The number of rotatable bonds is 4. The topological polar surface area (TPSA) is 9.23 Å². The Morgan fingerprint density at radius 1 is 1.33 bits per heavy atom. The molecule has 0 spiro atoms. The van der Waals surface area contributed by atoms with E-state index in [1.807, 2.05) is 0 Å². The normalized spacial score (nSPS) is 12.3. The summed E-state index contributed by atoms with van der Waals surface area (Å²) in [4.78, 5) is 0. The van der Waals surface area contributed by atoms with Gasteiger partial charge in [-0.15, -0.1) is 6.58 Å². The summed E-state index contributed by atoms with van der Waals surface area (Å²) in [6.45, 7) is 14.7. The van der Waals surface area contributed by atoms with Gasteiger partial charge >= 0.3 is 0 Å². The highest BCUT2D eigenvalue weighted by Gasteiger charge is 2.39. The number of allylic oxidation sites excluding steroid dienone is 1. The second kappa shape index (κ2) is 5.27. The Kier molecular flexibility index (Phi) is 4.38. The molecule has 0 fully saturated rings. The van der Waals surface area contributed by atoms with Crippen molar-refractivity contribution < 1.29 is 8.82 Å². The molecule has 0 aliphatic carbocycles.